The summed E-state index contributed by atoms with van der Waals surface area (Å²) in [5.74, 6) is -0.603. The van der Waals surface area contributed by atoms with E-state index in [1.165, 1.54) is 43.8 Å². The molecule has 3 aliphatic rings. The second-order valence-corrected chi connectivity index (χ2v) is 10.1. The van der Waals surface area contributed by atoms with Crippen molar-refractivity contribution in [1.29, 1.82) is 0 Å². The fourth-order valence-electron chi connectivity index (χ4n) is 4.92. The summed E-state index contributed by atoms with van der Waals surface area (Å²) in [4.78, 5) is 38.4. The van der Waals surface area contributed by atoms with Gasteiger partial charge in [-0.1, -0.05) is 17.7 Å². The van der Waals surface area contributed by atoms with E-state index >= 15 is 0 Å². The molecule has 2 bridgehead atoms. The number of nitrogens with one attached hydrogen (secondary N) is 1. The molecule has 0 radical (unpaired) electrons. The summed E-state index contributed by atoms with van der Waals surface area (Å²) in [6, 6.07) is 2.92. The molecule has 2 aromatic rings. The molecule has 10 nitrogen and oxygen atoms in total. The molecule has 0 aliphatic carbocycles. The number of morpholine rings is 1. The molecule has 3 atom stereocenters. The van der Waals surface area contributed by atoms with Crippen LogP contribution < -0.4 is 5.32 Å². The molecule has 4 heterocycles. The summed E-state index contributed by atoms with van der Waals surface area (Å²) in [5, 5.41) is 5.90. The van der Waals surface area contributed by atoms with Gasteiger partial charge in [0, 0.05) is 47.5 Å². The Morgan fingerprint density at radius 1 is 1.24 bits per heavy atom. The van der Waals surface area contributed by atoms with Crippen LogP contribution in [-0.2, 0) is 19.0 Å². The van der Waals surface area contributed by atoms with E-state index in [-0.39, 0.29) is 28.8 Å². The van der Waals surface area contributed by atoms with Gasteiger partial charge in [0.05, 0.1) is 45.1 Å². The number of hydrogen-bond acceptors (Lipinski definition) is 10. The summed E-state index contributed by atoms with van der Waals surface area (Å²) >= 11 is 7.82. The van der Waals surface area contributed by atoms with Crippen molar-refractivity contribution in [3.8, 4) is 0 Å². The fourth-order valence-corrected chi connectivity index (χ4v) is 5.77. The number of ether oxygens (including phenoxy) is 3. The maximum atomic E-state index is 13.9. The first-order chi connectivity index (χ1) is 17.9. The maximum absolute atomic E-state index is 13.9. The summed E-state index contributed by atoms with van der Waals surface area (Å²) in [5.41, 5.74) is 1.31. The Balaban J connectivity index is 1.56. The normalized spacial score (nSPS) is 23.8. The smallest absolute Gasteiger partial charge is 0.409 e. The van der Waals surface area contributed by atoms with Crippen molar-refractivity contribution in [3.63, 3.8) is 0 Å². The molecule has 3 aliphatic heterocycles. The third kappa shape index (κ3) is 5.06. The zero-order valence-corrected chi connectivity index (χ0v) is 21.7. The zero-order valence-electron chi connectivity index (χ0n) is 20.1. The summed E-state index contributed by atoms with van der Waals surface area (Å²) < 4.78 is 29.7. The maximum Gasteiger partial charge on any atom is 0.409 e. The Morgan fingerprint density at radius 2 is 2.00 bits per heavy atom. The molecular formula is C24H25ClFN5O5S. The highest BCUT2D eigenvalue weighted by atomic mass is 35.5. The first-order valence-corrected chi connectivity index (χ1v) is 12.8. The van der Waals surface area contributed by atoms with Crippen LogP contribution in [0.5, 0.6) is 0 Å². The number of hydrogen-bond donors (Lipinski definition) is 1. The molecular weight excluding hydrogens is 525 g/mol. The number of methoxy groups -OCH3 is 2. The van der Waals surface area contributed by atoms with Crippen molar-refractivity contribution in [1.82, 2.24) is 20.1 Å². The van der Waals surface area contributed by atoms with Crippen molar-refractivity contribution in [2.45, 2.75) is 18.1 Å². The number of halogens is 2. The van der Waals surface area contributed by atoms with E-state index in [1.54, 1.807) is 11.1 Å². The lowest BCUT2D eigenvalue weighted by Gasteiger charge is -2.49. The van der Waals surface area contributed by atoms with Gasteiger partial charge >= 0.3 is 12.1 Å². The van der Waals surface area contributed by atoms with Gasteiger partial charge in [-0.25, -0.2) is 19.0 Å². The van der Waals surface area contributed by atoms with Gasteiger partial charge < -0.3 is 24.4 Å². The topological polar surface area (TPSA) is 106 Å². The van der Waals surface area contributed by atoms with Crippen LogP contribution in [0.3, 0.4) is 0 Å². The predicted octanol–water partition coefficient (Wildman–Crippen LogP) is 2.61. The van der Waals surface area contributed by atoms with Crippen molar-refractivity contribution < 1.29 is 28.2 Å². The van der Waals surface area contributed by atoms with Gasteiger partial charge in [-0.2, -0.15) is 0 Å². The second kappa shape index (κ2) is 10.7. The fraction of sp³-hybridized carbons (Fsp3) is 0.417. The monoisotopic (exact) mass is 549 g/mol. The number of aliphatic imine (C=N–C) groups is 1. The molecule has 1 aromatic heterocycles. The molecule has 1 amide bonds. The second-order valence-electron chi connectivity index (χ2n) is 8.78. The molecule has 0 spiro atoms. The van der Waals surface area contributed by atoms with Gasteiger partial charge in [0.25, 0.3) is 0 Å². The first kappa shape index (κ1) is 25.6. The molecule has 196 valence electrons. The minimum atomic E-state index is -0.844. The van der Waals surface area contributed by atoms with Gasteiger partial charge in [0.1, 0.15) is 11.9 Å². The van der Waals surface area contributed by atoms with E-state index in [0.717, 1.165) is 0 Å². The Labute approximate surface area is 221 Å². The van der Waals surface area contributed by atoms with Crippen LogP contribution in [0, 0.1) is 5.82 Å². The number of piperazine rings is 1. The van der Waals surface area contributed by atoms with E-state index in [2.05, 4.69) is 15.2 Å². The Hall–Kier alpha value is -3.06. The highest BCUT2D eigenvalue weighted by Crippen LogP contribution is 2.37. The number of thiazole rings is 1. The van der Waals surface area contributed by atoms with Crippen molar-refractivity contribution in [2.24, 2.45) is 4.99 Å². The number of amides is 1. The number of carbonyl (C=O) groups excluding carboxylic acids is 2. The SMILES string of the molecule is COC(=O)C1=C(CN2C3COCC2CN(C(=O)OC)C3)NC(c2nccs2)=NC1c1ccc(F)cc1Cl. The molecule has 13 heteroatoms. The molecule has 0 saturated carbocycles. The zero-order chi connectivity index (χ0) is 26.1. The molecule has 2 saturated heterocycles. The standard InChI is InChI=1S/C24H25ClFN5O5S/c1-34-23(32)19-18(10-31-14-8-30(24(33)35-2)9-15(31)12-36-11-14)28-21(22-27-5-6-37-22)29-20(19)16-4-3-13(26)7-17(16)25/h3-7,14-15,20H,8-12H2,1-2H3,(H,28,29). The molecule has 37 heavy (non-hydrogen) atoms. The highest BCUT2D eigenvalue weighted by molar-refractivity contribution is 7.11. The number of benzene rings is 1. The van der Waals surface area contributed by atoms with Gasteiger partial charge in [-0.15, -0.1) is 11.3 Å². The van der Waals surface area contributed by atoms with Crippen LogP contribution >= 0.6 is 22.9 Å². The number of rotatable bonds is 5. The van der Waals surface area contributed by atoms with Crippen molar-refractivity contribution in [3.05, 3.63) is 62.5 Å². The lowest BCUT2D eigenvalue weighted by Crippen LogP contribution is -2.66. The average Bonchev–Trinajstić information content (AvgIpc) is 3.42. The van der Waals surface area contributed by atoms with Crippen LogP contribution in [0.1, 0.15) is 16.6 Å². The van der Waals surface area contributed by atoms with E-state index in [9.17, 15) is 14.0 Å². The number of carbonyl (C=O) groups is 2. The van der Waals surface area contributed by atoms with Crippen LogP contribution in [0.25, 0.3) is 0 Å². The van der Waals surface area contributed by atoms with Gasteiger partial charge in [0.2, 0.25) is 0 Å². The molecule has 2 fully saturated rings. The summed E-state index contributed by atoms with van der Waals surface area (Å²) in [6.45, 7) is 2.02. The Bertz CT molecular complexity index is 1240. The van der Waals surface area contributed by atoms with Crippen LogP contribution in [0.4, 0.5) is 9.18 Å². The van der Waals surface area contributed by atoms with Crippen LogP contribution in [0.15, 0.2) is 46.0 Å². The quantitative estimate of drug-likeness (QED) is 0.568. The number of aromatic nitrogens is 1. The number of esters is 1. The minimum absolute atomic E-state index is 0.116. The van der Waals surface area contributed by atoms with Crippen molar-refractivity contribution in [2.75, 3.05) is 47.1 Å². The highest BCUT2D eigenvalue weighted by Gasteiger charge is 2.42. The van der Waals surface area contributed by atoms with Crippen molar-refractivity contribution >= 4 is 40.8 Å². The Morgan fingerprint density at radius 3 is 2.62 bits per heavy atom. The van der Waals surface area contributed by atoms with E-state index < -0.39 is 17.8 Å². The largest absolute Gasteiger partial charge is 0.466 e. The van der Waals surface area contributed by atoms with Gasteiger partial charge in [0.15, 0.2) is 10.8 Å². The van der Waals surface area contributed by atoms with Gasteiger partial charge in [-0.3, -0.25) is 9.89 Å². The number of fused-ring (bicyclic) bond motifs is 2. The number of nitrogens with zero attached hydrogens (tertiary/aromatic N) is 4. The van der Waals surface area contributed by atoms with Gasteiger partial charge in [-0.05, 0) is 12.1 Å². The summed E-state index contributed by atoms with van der Waals surface area (Å²) in [7, 11) is 2.66. The molecule has 3 unspecified atom stereocenters. The molecule has 5 rings (SSSR count). The Kier molecular flexibility index (Phi) is 7.43. The van der Waals surface area contributed by atoms with E-state index in [1.807, 2.05) is 5.38 Å². The molecule has 1 aromatic carbocycles. The van der Waals surface area contributed by atoms with E-state index in [4.69, 9.17) is 30.8 Å². The lowest BCUT2D eigenvalue weighted by molar-refractivity contribution is -0.136. The predicted molar refractivity (Wildman–Crippen MR) is 134 cm³/mol. The van der Waals surface area contributed by atoms with Crippen LogP contribution in [0.2, 0.25) is 5.02 Å². The third-order valence-electron chi connectivity index (χ3n) is 6.62. The van der Waals surface area contributed by atoms with E-state index in [0.29, 0.717) is 55.0 Å². The summed E-state index contributed by atoms with van der Waals surface area (Å²) in [6.07, 6.45) is 1.28. The molecule has 1 N–H and O–H groups in total. The number of amidine groups is 1. The van der Waals surface area contributed by atoms with Crippen LogP contribution in [-0.4, -0.2) is 91.8 Å². The average molecular weight is 550 g/mol. The first-order valence-electron chi connectivity index (χ1n) is 11.6. The minimum Gasteiger partial charge on any atom is -0.466 e. The lowest BCUT2D eigenvalue weighted by atomic mass is 9.94. The third-order valence-corrected chi connectivity index (χ3v) is 7.72.